The number of hydrogen-bond donors (Lipinski definition) is 0. The lowest BCUT2D eigenvalue weighted by Crippen LogP contribution is -2.53. The van der Waals surface area contributed by atoms with Crippen LogP contribution in [0.5, 0.6) is 0 Å². The fraction of sp³-hybridized carbons (Fsp3) is 0.929. The molecule has 0 N–H and O–H groups in total. The zero-order chi connectivity index (χ0) is 12.6. The highest BCUT2D eigenvalue weighted by Crippen LogP contribution is 2.35. The molecule has 2 aliphatic rings. The van der Waals surface area contributed by atoms with E-state index in [2.05, 4.69) is 30.6 Å². The van der Waals surface area contributed by atoms with Crippen molar-refractivity contribution in [2.75, 3.05) is 19.6 Å². The van der Waals surface area contributed by atoms with E-state index in [0.29, 0.717) is 23.8 Å². The van der Waals surface area contributed by atoms with Crippen LogP contribution < -0.4 is 0 Å². The summed E-state index contributed by atoms with van der Waals surface area (Å²) < 4.78 is 0. The van der Waals surface area contributed by atoms with Crippen molar-refractivity contribution < 1.29 is 4.79 Å². The molecule has 98 valence electrons. The smallest absolute Gasteiger partial charge is 0.133 e. The van der Waals surface area contributed by atoms with Gasteiger partial charge in [0.2, 0.25) is 0 Å². The van der Waals surface area contributed by atoms with Crippen LogP contribution in [0.4, 0.5) is 0 Å². The van der Waals surface area contributed by atoms with E-state index in [0.717, 1.165) is 19.0 Å². The van der Waals surface area contributed by atoms with Gasteiger partial charge < -0.3 is 0 Å². The number of ketones is 1. The van der Waals surface area contributed by atoms with Crippen LogP contribution in [0.2, 0.25) is 0 Å². The quantitative estimate of drug-likeness (QED) is 0.747. The Labute approximate surface area is 105 Å². The Morgan fingerprint density at radius 3 is 2.41 bits per heavy atom. The van der Waals surface area contributed by atoms with E-state index in [4.69, 9.17) is 0 Å². The molecule has 2 rings (SSSR count). The minimum atomic E-state index is 0.296. The van der Waals surface area contributed by atoms with Crippen molar-refractivity contribution >= 4 is 5.78 Å². The minimum Gasteiger partial charge on any atom is -0.300 e. The van der Waals surface area contributed by atoms with Crippen molar-refractivity contribution in [2.24, 2.45) is 0 Å². The predicted octanol–water partition coefficient (Wildman–Crippen LogP) is 1.91. The Morgan fingerprint density at radius 2 is 1.94 bits per heavy atom. The fourth-order valence-corrected chi connectivity index (χ4v) is 3.29. The number of Topliss-reactive ketones (excluding diaryl/α,β-unsaturated/α-hetero) is 1. The molecule has 2 heterocycles. The molecule has 2 aliphatic heterocycles. The zero-order valence-electron chi connectivity index (χ0n) is 11.7. The average molecular weight is 238 g/mol. The third-order valence-electron chi connectivity index (χ3n) is 4.29. The first-order chi connectivity index (χ1) is 7.91. The van der Waals surface area contributed by atoms with E-state index in [1.54, 1.807) is 0 Å². The van der Waals surface area contributed by atoms with Gasteiger partial charge >= 0.3 is 0 Å². The molecule has 0 radical (unpaired) electrons. The van der Waals surface area contributed by atoms with Crippen molar-refractivity contribution in [3.05, 3.63) is 0 Å². The lowest BCUT2D eigenvalue weighted by molar-refractivity contribution is -0.119. The molecule has 3 nitrogen and oxygen atoms in total. The van der Waals surface area contributed by atoms with Crippen LogP contribution in [-0.2, 0) is 4.79 Å². The molecule has 0 spiro atoms. The normalized spacial score (nSPS) is 30.1. The summed E-state index contributed by atoms with van der Waals surface area (Å²) in [5, 5.41) is 0. The molecule has 0 aromatic rings. The summed E-state index contributed by atoms with van der Waals surface area (Å²) in [4.78, 5) is 16.5. The Hall–Kier alpha value is -0.410. The molecule has 0 aromatic carbocycles. The molecular weight excluding hydrogens is 212 g/mol. The van der Waals surface area contributed by atoms with E-state index >= 15 is 0 Å². The summed E-state index contributed by atoms with van der Waals surface area (Å²) in [5.74, 6) is 0.403. The van der Waals surface area contributed by atoms with Crippen molar-refractivity contribution in [3.63, 3.8) is 0 Å². The first-order valence-corrected chi connectivity index (χ1v) is 6.94. The van der Waals surface area contributed by atoms with Crippen molar-refractivity contribution in [1.29, 1.82) is 0 Å². The van der Waals surface area contributed by atoms with Gasteiger partial charge in [0.05, 0.1) is 0 Å². The van der Waals surface area contributed by atoms with Gasteiger partial charge in [0.1, 0.15) is 5.78 Å². The van der Waals surface area contributed by atoms with Gasteiger partial charge in [-0.2, -0.15) is 0 Å². The fourth-order valence-electron chi connectivity index (χ4n) is 3.29. The second-order valence-electron chi connectivity index (χ2n) is 6.50. The van der Waals surface area contributed by atoms with E-state index in [9.17, 15) is 4.79 Å². The van der Waals surface area contributed by atoms with E-state index in [1.165, 1.54) is 19.5 Å². The number of likely N-dealkylation sites (tertiary alicyclic amines) is 2. The van der Waals surface area contributed by atoms with Crippen molar-refractivity contribution in [2.45, 2.75) is 64.6 Å². The highest BCUT2D eigenvalue weighted by Gasteiger charge is 2.46. The van der Waals surface area contributed by atoms with Crippen LogP contribution in [0.15, 0.2) is 0 Å². The number of carbonyl (C=O) groups excluding carboxylic acids is 1. The third kappa shape index (κ3) is 2.71. The lowest BCUT2D eigenvalue weighted by Gasteiger charge is -2.42. The molecule has 17 heavy (non-hydrogen) atoms. The largest absolute Gasteiger partial charge is 0.300 e. The van der Waals surface area contributed by atoms with Crippen LogP contribution in [0.3, 0.4) is 0 Å². The van der Waals surface area contributed by atoms with Crippen LogP contribution in [0.25, 0.3) is 0 Å². The number of hydrogen-bond acceptors (Lipinski definition) is 3. The van der Waals surface area contributed by atoms with Crippen LogP contribution in [0, 0.1) is 0 Å². The lowest BCUT2D eigenvalue weighted by atomic mass is 10.0. The highest BCUT2D eigenvalue weighted by molar-refractivity contribution is 5.78. The van der Waals surface area contributed by atoms with Gasteiger partial charge in [0, 0.05) is 50.1 Å². The van der Waals surface area contributed by atoms with Crippen molar-refractivity contribution in [3.8, 4) is 0 Å². The maximum atomic E-state index is 11.4. The highest BCUT2D eigenvalue weighted by atomic mass is 16.1. The predicted molar refractivity (Wildman–Crippen MR) is 70.1 cm³/mol. The van der Waals surface area contributed by atoms with Gasteiger partial charge in [-0.15, -0.1) is 0 Å². The summed E-state index contributed by atoms with van der Waals surface area (Å²) in [5.41, 5.74) is 0.296. The number of rotatable bonds is 4. The van der Waals surface area contributed by atoms with Crippen molar-refractivity contribution in [1.82, 2.24) is 9.80 Å². The summed E-state index contributed by atoms with van der Waals surface area (Å²) >= 11 is 0. The Balaban J connectivity index is 1.84. The first kappa shape index (κ1) is 13.0. The molecule has 2 fully saturated rings. The topological polar surface area (TPSA) is 23.6 Å². The maximum Gasteiger partial charge on any atom is 0.133 e. The average Bonchev–Trinajstić information content (AvgIpc) is 2.83. The van der Waals surface area contributed by atoms with Gasteiger partial charge in [0.25, 0.3) is 0 Å². The van der Waals surface area contributed by atoms with Crippen LogP contribution in [-0.4, -0.2) is 52.8 Å². The van der Waals surface area contributed by atoms with Gasteiger partial charge in [-0.05, 0) is 27.2 Å². The second-order valence-corrected chi connectivity index (χ2v) is 6.50. The van der Waals surface area contributed by atoms with Crippen LogP contribution in [0.1, 0.15) is 47.0 Å². The van der Waals surface area contributed by atoms with Gasteiger partial charge in [0.15, 0.2) is 0 Å². The summed E-state index contributed by atoms with van der Waals surface area (Å²) in [6.45, 7) is 12.2. The number of carbonyl (C=O) groups is 1. The first-order valence-electron chi connectivity index (χ1n) is 6.94. The number of fused-ring (bicyclic) bond motifs is 2. The third-order valence-corrected chi connectivity index (χ3v) is 4.29. The number of piperazine rings is 1. The molecular formula is C14H26N2O. The summed E-state index contributed by atoms with van der Waals surface area (Å²) in [6, 6.07) is 1.42. The van der Waals surface area contributed by atoms with Gasteiger partial charge in [-0.1, -0.05) is 6.92 Å². The molecule has 2 unspecified atom stereocenters. The Morgan fingerprint density at radius 1 is 1.24 bits per heavy atom. The Bertz CT molecular complexity index is 295. The van der Waals surface area contributed by atoms with E-state index in [1.807, 2.05) is 6.92 Å². The molecule has 0 aromatic heterocycles. The molecule has 0 aliphatic carbocycles. The molecule has 0 amide bonds. The standard InChI is InChI=1S/C14H26N2O/c1-5-13(17)6-7-15-9-12-8-11(15)10-16(12)14(2,3)4/h11-12H,5-10H2,1-4H3. The van der Waals surface area contributed by atoms with Crippen LogP contribution >= 0.6 is 0 Å². The molecule has 3 heteroatoms. The van der Waals surface area contributed by atoms with E-state index in [-0.39, 0.29) is 0 Å². The van der Waals surface area contributed by atoms with Gasteiger partial charge in [-0.25, -0.2) is 0 Å². The summed E-state index contributed by atoms with van der Waals surface area (Å²) in [6.07, 6.45) is 2.74. The molecule has 0 saturated carbocycles. The summed E-state index contributed by atoms with van der Waals surface area (Å²) in [7, 11) is 0. The Kier molecular flexibility index (Phi) is 3.60. The molecule has 2 atom stereocenters. The maximum absolute atomic E-state index is 11.4. The molecule has 2 saturated heterocycles. The second kappa shape index (κ2) is 4.69. The monoisotopic (exact) mass is 238 g/mol. The number of nitrogens with zero attached hydrogens (tertiary/aromatic N) is 2. The van der Waals surface area contributed by atoms with Gasteiger partial charge in [-0.3, -0.25) is 14.6 Å². The van der Waals surface area contributed by atoms with E-state index < -0.39 is 0 Å². The molecule has 2 bridgehead atoms. The zero-order valence-corrected chi connectivity index (χ0v) is 11.7. The SMILES string of the molecule is CCC(=O)CCN1CC2CC1CN2C(C)(C)C. The minimum absolute atomic E-state index is 0.296.